The van der Waals surface area contributed by atoms with Crippen molar-refractivity contribution < 1.29 is 18.9 Å². The van der Waals surface area contributed by atoms with Gasteiger partial charge >= 0.3 is 0 Å². The smallest absolute Gasteiger partial charge is 0.223 e. The van der Waals surface area contributed by atoms with Crippen LogP contribution in [0, 0.1) is 0 Å². The van der Waals surface area contributed by atoms with E-state index >= 15 is 0 Å². The lowest BCUT2D eigenvalue weighted by Gasteiger charge is -2.08. The van der Waals surface area contributed by atoms with E-state index in [9.17, 15) is 0 Å². The standard InChI is InChI=1S/C26H29N3O4/c1-6-27-26-28-20(11-7-18-9-13-22(30-2)24(15-18)32-4)17-21(29-26)12-8-19-10-14-23(31-3)25(16-19)33-5/h7-17H,6H2,1-5H3,(H,27,28,29)/b11-7+,12-8+. The van der Waals surface area contributed by atoms with E-state index in [0.29, 0.717) is 28.9 Å². The van der Waals surface area contributed by atoms with E-state index in [-0.39, 0.29) is 0 Å². The van der Waals surface area contributed by atoms with Gasteiger partial charge in [0.2, 0.25) is 5.95 Å². The SMILES string of the molecule is CCNc1nc(/C=C/c2ccc(OC)c(OC)c2)cc(/C=C/c2ccc(OC)c(OC)c2)n1. The Morgan fingerprint density at radius 1 is 0.636 bits per heavy atom. The molecule has 0 bridgehead atoms. The summed E-state index contributed by atoms with van der Waals surface area (Å²) >= 11 is 0. The molecule has 0 spiro atoms. The van der Waals surface area contributed by atoms with Gasteiger partial charge in [-0.1, -0.05) is 24.3 Å². The number of hydrogen-bond donors (Lipinski definition) is 1. The van der Waals surface area contributed by atoms with Gasteiger partial charge in [-0.2, -0.15) is 0 Å². The Kier molecular flexibility index (Phi) is 8.30. The predicted molar refractivity (Wildman–Crippen MR) is 133 cm³/mol. The molecule has 1 N–H and O–H groups in total. The molecular formula is C26H29N3O4. The lowest BCUT2D eigenvalue weighted by Crippen LogP contribution is -2.03. The zero-order valence-corrected chi connectivity index (χ0v) is 19.6. The van der Waals surface area contributed by atoms with Gasteiger partial charge in [-0.05, 0) is 60.5 Å². The predicted octanol–water partition coefficient (Wildman–Crippen LogP) is 5.28. The Labute approximate surface area is 194 Å². The minimum atomic E-state index is 0.568. The van der Waals surface area contributed by atoms with E-state index in [0.717, 1.165) is 29.1 Å². The number of rotatable bonds is 10. The molecule has 0 unspecified atom stereocenters. The van der Waals surface area contributed by atoms with Crippen LogP contribution < -0.4 is 24.3 Å². The van der Waals surface area contributed by atoms with E-state index < -0.39 is 0 Å². The van der Waals surface area contributed by atoms with Crippen LogP contribution in [0.25, 0.3) is 24.3 Å². The van der Waals surface area contributed by atoms with Crippen LogP contribution in [0.5, 0.6) is 23.0 Å². The third-order valence-corrected chi connectivity index (χ3v) is 4.81. The fourth-order valence-corrected chi connectivity index (χ4v) is 3.17. The van der Waals surface area contributed by atoms with Crippen molar-refractivity contribution in [2.45, 2.75) is 6.92 Å². The molecule has 0 amide bonds. The van der Waals surface area contributed by atoms with E-state index in [2.05, 4.69) is 15.3 Å². The third kappa shape index (κ3) is 6.26. The summed E-state index contributed by atoms with van der Waals surface area (Å²) < 4.78 is 21.4. The van der Waals surface area contributed by atoms with Crippen LogP contribution in [0.15, 0.2) is 42.5 Å². The van der Waals surface area contributed by atoms with Crippen LogP contribution in [0.4, 0.5) is 5.95 Å². The van der Waals surface area contributed by atoms with Gasteiger partial charge in [-0.15, -0.1) is 0 Å². The molecule has 172 valence electrons. The number of hydrogen-bond acceptors (Lipinski definition) is 7. The van der Waals surface area contributed by atoms with Crippen LogP contribution in [-0.4, -0.2) is 45.0 Å². The molecular weight excluding hydrogens is 418 g/mol. The fourth-order valence-electron chi connectivity index (χ4n) is 3.17. The number of nitrogens with one attached hydrogen (secondary N) is 1. The second-order valence-electron chi connectivity index (χ2n) is 6.97. The molecule has 1 heterocycles. The molecule has 0 fully saturated rings. The molecule has 2 aromatic carbocycles. The van der Waals surface area contributed by atoms with Crippen LogP contribution >= 0.6 is 0 Å². The van der Waals surface area contributed by atoms with Crippen LogP contribution in [-0.2, 0) is 0 Å². The van der Waals surface area contributed by atoms with Gasteiger partial charge in [-0.25, -0.2) is 9.97 Å². The van der Waals surface area contributed by atoms with Gasteiger partial charge in [0.1, 0.15) is 0 Å². The lowest BCUT2D eigenvalue weighted by atomic mass is 10.1. The molecule has 0 radical (unpaired) electrons. The van der Waals surface area contributed by atoms with Gasteiger partial charge in [0, 0.05) is 6.54 Å². The quantitative estimate of drug-likeness (QED) is 0.453. The Morgan fingerprint density at radius 2 is 1.09 bits per heavy atom. The van der Waals surface area contributed by atoms with Crippen LogP contribution in [0.3, 0.4) is 0 Å². The molecule has 0 aliphatic rings. The van der Waals surface area contributed by atoms with Gasteiger partial charge in [0.25, 0.3) is 0 Å². The first-order valence-corrected chi connectivity index (χ1v) is 10.5. The maximum Gasteiger partial charge on any atom is 0.223 e. The topological polar surface area (TPSA) is 74.7 Å². The monoisotopic (exact) mass is 447 g/mol. The summed E-state index contributed by atoms with van der Waals surface area (Å²) in [6.45, 7) is 2.73. The van der Waals surface area contributed by atoms with Crippen molar-refractivity contribution in [3.8, 4) is 23.0 Å². The van der Waals surface area contributed by atoms with Gasteiger partial charge in [-0.3, -0.25) is 0 Å². The van der Waals surface area contributed by atoms with Crippen molar-refractivity contribution in [2.24, 2.45) is 0 Å². The van der Waals surface area contributed by atoms with Gasteiger partial charge in [0.05, 0.1) is 39.8 Å². The third-order valence-electron chi connectivity index (χ3n) is 4.81. The van der Waals surface area contributed by atoms with E-state index in [1.54, 1.807) is 28.4 Å². The lowest BCUT2D eigenvalue weighted by molar-refractivity contribution is 0.355. The van der Waals surface area contributed by atoms with Gasteiger partial charge in [0.15, 0.2) is 23.0 Å². The Bertz CT molecular complexity index is 1060. The van der Waals surface area contributed by atoms with Crippen molar-refractivity contribution in [1.82, 2.24) is 9.97 Å². The average Bonchev–Trinajstić information content (AvgIpc) is 2.85. The highest BCUT2D eigenvalue weighted by atomic mass is 16.5. The molecule has 3 rings (SSSR count). The minimum absolute atomic E-state index is 0.568. The molecule has 1 aromatic heterocycles. The number of benzene rings is 2. The summed E-state index contributed by atoms with van der Waals surface area (Å²) in [7, 11) is 6.48. The van der Waals surface area contributed by atoms with Gasteiger partial charge < -0.3 is 24.3 Å². The molecule has 0 saturated heterocycles. The first-order valence-electron chi connectivity index (χ1n) is 10.5. The van der Waals surface area contributed by atoms with E-state index in [1.807, 2.05) is 73.7 Å². The zero-order valence-electron chi connectivity index (χ0n) is 19.6. The maximum absolute atomic E-state index is 5.38. The summed E-state index contributed by atoms with van der Waals surface area (Å²) in [6, 6.07) is 13.4. The number of nitrogens with zero attached hydrogens (tertiary/aromatic N) is 2. The summed E-state index contributed by atoms with van der Waals surface area (Å²) in [6.07, 6.45) is 7.83. The highest BCUT2D eigenvalue weighted by molar-refractivity contribution is 5.73. The second-order valence-corrected chi connectivity index (χ2v) is 6.97. The van der Waals surface area contributed by atoms with Crippen molar-refractivity contribution in [3.63, 3.8) is 0 Å². The summed E-state index contributed by atoms with van der Waals surface area (Å²) in [4.78, 5) is 9.17. The number of ether oxygens (including phenoxy) is 4. The largest absolute Gasteiger partial charge is 0.493 e. The summed E-state index contributed by atoms with van der Waals surface area (Å²) in [5, 5.41) is 3.19. The van der Waals surface area contributed by atoms with Crippen LogP contribution in [0.1, 0.15) is 29.4 Å². The fraction of sp³-hybridized carbons (Fsp3) is 0.231. The Balaban J connectivity index is 1.88. The highest BCUT2D eigenvalue weighted by Gasteiger charge is 2.05. The second kappa shape index (κ2) is 11.6. The molecule has 33 heavy (non-hydrogen) atoms. The van der Waals surface area contributed by atoms with Crippen molar-refractivity contribution in [2.75, 3.05) is 40.3 Å². The van der Waals surface area contributed by atoms with Crippen LogP contribution in [0.2, 0.25) is 0 Å². The Morgan fingerprint density at radius 3 is 1.48 bits per heavy atom. The van der Waals surface area contributed by atoms with Crippen molar-refractivity contribution in [1.29, 1.82) is 0 Å². The highest BCUT2D eigenvalue weighted by Crippen LogP contribution is 2.29. The van der Waals surface area contributed by atoms with Crippen molar-refractivity contribution in [3.05, 3.63) is 65.0 Å². The molecule has 0 aliphatic heterocycles. The zero-order chi connectivity index (χ0) is 23.6. The first-order chi connectivity index (χ1) is 16.1. The molecule has 3 aromatic rings. The molecule has 0 saturated carbocycles. The minimum Gasteiger partial charge on any atom is -0.493 e. The number of aromatic nitrogens is 2. The first kappa shape index (κ1) is 23.7. The molecule has 7 nitrogen and oxygen atoms in total. The Hall–Kier alpha value is -4.00. The maximum atomic E-state index is 5.38. The number of anilines is 1. The summed E-state index contributed by atoms with van der Waals surface area (Å²) in [5.74, 6) is 3.30. The van der Waals surface area contributed by atoms with E-state index in [4.69, 9.17) is 18.9 Å². The van der Waals surface area contributed by atoms with Crippen molar-refractivity contribution >= 4 is 30.3 Å². The molecule has 7 heteroatoms. The normalized spacial score (nSPS) is 11.1. The average molecular weight is 448 g/mol. The molecule has 0 aliphatic carbocycles. The summed E-state index contributed by atoms with van der Waals surface area (Å²) in [5.41, 5.74) is 3.50. The molecule has 0 atom stereocenters. The number of methoxy groups -OCH3 is 4. The van der Waals surface area contributed by atoms with E-state index in [1.165, 1.54) is 0 Å².